The minimum absolute atomic E-state index is 0.351. The van der Waals surface area contributed by atoms with Gasteiger partial charge in [-0.2, -0.15) is 13.2 Å². The van der Waals surface area contributed by atoms with Gasteiger partial charge in [-0.05, 0) is 37.5 Å². The highest BCUT2D eigenvalue weighted by molar-refractivity contribution is 7.99. The van der Waals surface area contributed by atoms with Crippen LogP contribution in [0.15, 0.2) is 17.0 Å². The number of aryl methyl sites for hydroxylation is 2. The third-order valence-corrected chi connectivity index (χ3v) is 3.92. The minimum Gasteiger partial charge on any atom is -0.338 e. The molecule has 1 rings (SSSR count). The van der Waals surface area contributed by atoms with Crippen LogP contribution in [0.5, 0.6) is 0 Å². The van der Waals surface area contributed by atoms with Crippen LogP contribution in [-0.4, -0.2) is 24.5 Å². The number of carbonyl (C=O) groups excluding carboxylic acids is 1. The van der Waals surface area contributed by atoms with Crippen molar-refractivity contribution < 1.29 is 18.0 Å². The largest absolute Gasteiger partial charge is 0.398 e. The summed E-state index contributed by atoms with van der Waals surface area (Å²) in [5.41, 5.74) is 2.11. The first-order chi connectivity index (χ1) is 9.73. The van der Waals surface area contributed by atoms with E-state index in [1.54, 1.807) is 26.0 Å². The number of carbonyl (C=O) groups is 1. The third-order valence-electron chi connectivity index (χ3n) is 2.70. The van der Waals surface area contributed by atoms with Crippen molar-refractivity contribution in [3.8, 4) is 0 Å². The van der Waals surface area contributed by atoms with E-state index in [1.807, 2.05) is 6.92 Å². The Morgan fingerprint density at radius 2 is 1.90 bits per heavy atom. The summed E-state index contributed by atoms with van der Waals surface area (Å²) in [5, 5.41) is 5.33. The number of hydrogen-bond acceptors (Lipinski definition) is 2. The van der Waals surface area contributed by atoms with Crippen LogP contribution in [0.4, 0.5) is 23.7 Å². The summed E-state index contributed by atoms with van der Waals surface area (Å²) in [4.78, 5) is 12.1. The Kier molecular flexibility index (Phi) is 6.39. The lowest BCUT2D eigenvalue weighted by Crippen LogP contribution is -2.29. The van der Waals surface area contributed by atoms with Crippen LogP contribution < -0.4 is 10.6 Å². The van der Waals surface area contributed by atoms with Crippen molar-refractivity contribution >= 4 is 23.5 Å². The molecule has 1 aromatic carbocycles. The number of benzene rings is 1. The molecule has 0 spiro atoms. The SMILES string of the molecule is CCCNC(=O)Nc1cc(SCC(F)(F)F)c(C)cc1C. The maximum absolute atomic E-state index is 12.3. The van der Waals surface area contributed by atoms with Gasteiger partial charge in [0.25, 0.3) is 0 Å². The van der Waals surface area contributed by atoms with E-state index in [2.05, 4.69) is 10.6 Å². The van der Waals surface area contributed by atoms with E-state index in [9.17, 15) is 18.0 Å². The van der Waals surface area contributed by atoms with Gasteiger partial charge in [0.1, 0.15) is 0 Å². The first kappa shape index (κ1) is 17.7. The number of thioether (sulfide) groups is 1. The molecule has 7 heteroatoms. The second kappa shape index (κ2) is 7.59. The van der Waals surface area contributed by atoms with Crippen LogP contribution >= 0.6 is 11.8 Å². The molecule has 0 atom stereocenters. The molecule has 0 aliphatic heterocycles. The number of rotatable bonds is 5. The van der Waals surface area contributed by atoms with E-state index < -0.39 is 11.9 Å². The van der Waals surface area contributed by atoms with Gasteiger partial charge in [0, 0.05) is 17.1 Å². The number of anilines is 1. The average Bonchev–Trinajstić information content (AvgIpc) is 2.37. The summed E-state index contributed by atoms with van der Waals surface area (Å²) in [7, 11) is 0. The Morgan fingerprint density at radius 1 is 1.24 bits per heavy atom. The van der Waals surface area contributed by atoms with Crippen LogP contribution in [0.1, 0.15) is 24.5 Å². The first-order valence-electron chi connectivity index (χ1n) is 6.58. The zero-order chi connectivity index (χ0) is 16.0. The highest BCUT2D eigenvalue weighted by Crippen LogP contribution is 2.32. The van der Waals surface area contributed by atoms with Crippen LogP contribution in [0.3, 0.4) is 0 Å². The highest BCUT2D eigenvalue weighted by atomic mass is 32.2. The number of halogens is 3. The van der Waals surface area contributed by atoms with Crippen LogP contribution in [0, 0.1) is 13.8 Å². The van der Waals surface area contributed by atoms with Crippen LogP contribution in [0.25, 0.3) is 0 Å². The molecule has 0 bridgehead atoms. The Morgan fingerprint density at radius 3 is 2.48 bits per heavy atom. The summed E-state index contributed by atoms with van der Waals surface area (Å²) in [5.74, 6) is -0.946. The van der Waals surface area contributed by atoms with Crippen molar-refractivity contribution in [1.29, 1.82) is 0 Å². The van der Waals surface area contributed by atoms with Gasteiger partial charge in [-0.25, -0.2) is 4.79 Å². The van der Waals surface area contributed by atoms with E-state index in [1.165, 1.54) is 0 Å². The molecule has 2 N–H and O–H groups in total. The van der Waals surface area contributed by atoms with E-state index in [0.717, 1.165) is 29.3 Å². The Bertz CT molecular complexity index is 504. The molecule has 0 saturated heterocycles. The van der Waals surface area contributed by atoms with E-state index in [-0.39, 0.29) is 6.03 Å². The molecule has 1 aromatic rings. The predicted octanol–water partition coefficient (Wildman–Crippen LogP) is 4.49. The van der Waals surface area contributed by atoms with Gasteiger partial charge in [-0.1, -0.05) is 13.0 Å². The van der Waals surface area contributed by atoms with Gasteiger partial charge in [0.05, 0.1) is 5.75 Å². The third kappa shape index (κ3) is 6.29. The predicted molar refractivity (Wildman–Crippen MR) is 80.0 cm³/mol. The molecular weight excluding hydrogens is 301 g/mol. The summed E-state index contributed by atoms with van der Waals surface area (Å²) >= 11 is 0.725. The molecule has 2 amide bonds. The van der Waals surface area contributed by atoms with Crippen molar-refractivity contribution in [2.24, 2.45) is 0 Å². The summed E-state index contributed by atoms with van der Waals surface area (Å²) in [6.45, 7) is 6.04. The number of amides is 2. The number of urea groups is 1. The van der Waals surface area contributed by atoms with E-state index >= 15 is 0 Å². The summed E-state index contributed by atoms with van der Waals surface area (Å²) in [6, 6.07) is 3.01. The van der Waals surface area contributed by atoms with Gasteiger partial charge >= 0.3 is 12.2 Å². The molecule has 118 valence electrons. The quantitative estimate of drug-likeness (QED) is 0.785. The Hall–Kier alpha value is -1.37. The molecule has 3 nitrogen and oxygen atoms in total. The van der Waals surface area contributed by atoms with E-state index in [0.29, 0.717) is 17.1 Å². The molecule has 0 aromatic heterocycles. The zero-order valence-corrected chi connectivity index (χ0v) is 13.0. The zero-order valence-electron chi connectivity index (χ0n) is 12.2. The molecule has 0 aliphatic rings. The maximum atomic E-state index is 12.3. The average molecular weight is 320 g/mol. The van der Waals surface area contributed by atoms with E-state index in [4.69, 9.17) is 0 Å². The monoisotopic (exact) mass is 320 g/mol. The Balaban J connectivity index is 2.83. The molecule has 0 fully saturated rings. The number of hydrogen-bond donors (Lipinski definition) is 2. The molecular formula is C14H19F3N2OS. The lowest BCUT2D eigenvalue weighted by Gasteiger charge is -2.14. The summed E-state index contributed by atoms with van der Waals surface area (Å²) in [6.07, 6.45) is -3.40. The van der Waals surface area contributed by atoms with Gasteiger partial charge in [0.2, 0.25) is 0 Å². The normalized spacial score (nSPS) is 11.3. The van der Waals surface area contributed by atoms with Crippen molar-refractivity contribution in [2.45, 2.75) is 38.3 Å². The highest BCUT2D eigenvalue weighted by Gasteiger charge is 2.27. The van der Waals surface area contributed by atoms with Gasteiger partial charge in [0.15, 0.2) is 0 Å². The molecule has 0 radical (unpaired) electrons. The van der Waals surface area contributed by atoms with Gasteiger partial charge < -0.3 is 10.6 Å². The fraction of sp³-hybridized carbons (Fsp3) is 0.500. The second-order valence-electron chi connectivity index (χ2n) is 4.72. The molecule has 0 saturated carbocycles. The standard InChI is InChI=1S/C14H19F3N2OS/c1-4-5-18-13(20)19-11-7-12(10(3)6-9(11)2)21-8-14(15,16)17/h6-7H,4-5,8H2,1-3H3,(H2,18,19,20). The minimum atomic E-state index is -4.21. The first-order valence-corrected chi connectivity index (χ1v) is 7.57. The Labute approximate surface area is 126 Å². The number of nitrogens with one attached hydrogen (secondary N) is 2. The molecule has 0 unspecified atom stereocenters. The maximum Gasteiger partial charge on any atom is 0.398 e. The van der Waals surface area contributed by atoms with Crippen molar-refractivity contribution in [2.75, 3.05) is 17.6 Å². The topological polar surface area (TPSA) is 41.1 Å². The van der Waals surface area contributed by atoms with Crippen LogP contribution in [-0.2, 0) is 0 Å². The van der Waals surface area contributed by atoms with Gasteiger partial charge in [-0.3, -0.25) is 0 Å². The molecule has 0 heterocycles. The fourth-order valence-electron chi connectivity index (χ4n) is 1.69. The van der Waals surface area contributed by atoms with Crippen LogP contribution in [0.2, 0.25) is 0 Å². The lowest BCUT2D eigenvalue weighted by molar-refractivity contribution is -0.105. The summed E-state index contributed by atoms with van der Waals surface area (Å²) < 4.78 is 36.9. The van der Waals surface area contributed by atoms with Gasteiger partial charge in [-0.15, -0.1) is 11.8 Å². The number of alkyl halides is 3. The smallest absolute Gasteiger partial charge is 0.338 e. The van der Waals surface area contributed by atoms with Crippen molar-refractivity contribution in [1.82, 2.24) is 5.32 Å². The fourth-order valence-corrected chi connectivity index (χ4v) is 2.49. The molecule has 21 heavy (non-hydrogen) atoms. The molecule has 0 aliphatic carbocycles. The second-order valence-corrected chi connectivity index (χ2v) is 5.73. The van der Waals surface area contributed by atoms with Crippen molar-refractivity contribution in [3.05, 3.63) is 23.3 Å². The van der Waals surface area contributed by atoms with Crippen molar-refractivity contribution in [3.63, 3.8) is 0 Å². The lowest BCUT2D eigenvalue weighted by atomic mass is 10.1.